The molecule has 0 spiro atoms. The maximum absolute atomic E-state index is 12.0. The summed E-state index contributed by atoms with van der Waals surface area (Å²) in [5.41, 5.74) is 2.62. The van der Waals surface area contributed by atoms with E-state index in [0.717, 1.165) is 42.8 Å². The molecule has 1 heterocycles. The van der Waals surface area contributed by atoms with Gasteiger partial charge in [0.25, 0.3) is 5.91 Å². The third kappa shape index (κ3) is 3.86. The second kappa shape index (κ2) is 6.77. The molecule has 120 valence electrons. The third-order valence-corrected chi connectivity index (χ3v) is 3.83. The molecule has 1 amide bonds. The molecule has 23 heavy (non-hydrogen) atoms. The highest BCUT2D eigenvalue weighted by Gasteiger charge is 2.23. The first-order chi connectivity index (χ1) is 11.2. The van der Waals surface area contributed by atoms with Crippen LogP contribution in [0.4, 0.5) is 5.82 Å². The van der Waals surface area contributed by atoms with Gasteiger partial charge in [0.1, 0.15) is 5.82 Å². The number of hydrogen-bond acceptors (Lipinski definition) is 4. The molecular formula is C18H22N4O. The van der Waals surface area contributed by atoms with Crippen LogP contribution in [0.15, 0.2) is 30.5 Å². The maximum atomic E-state index is 12.0. The molecule has 1 aliphatic carbocycles. The first-order valence-electron chi connectivity index (χ1n) is 8.16. The summed E-state index contributed by atoms with van der Waals surface area (Å²) in [6, 6.07) is 7.83. The highest BCUT2D eigenvalue weighted by atomic mass is 16.1. The van der Waals surface area contributed by atoms with Crippen LogP contribution in [0.1, 0.15) is 42.1 Å². The minimum atomic E-state index is -0.00539. The fraction of sp³-hybridized carbons (Fsp3) is 0.389. The molecule has 0 radical (unpaired) electrons. The van der Waals surface area contributed by atoms with E-state index >= 15 is 0 Å². The van der Waals surface area contributed by atoms with Crippen molar-refractivity contribution in [2.45, 2.75) is 39.2 Å². The van der Waals surface area contributed by atoms with Crippen molar-refractivity contribution in [2.75, 3.05) is 11.9 Å². The topological polar surface area (TPSA) is 66.9 Å². The van der Waals surface area contributed by atoms with E-state index < -0.39 is 0 Å². The average Bonchev–Trinajstić information content (AvgIpc) is 3.38. The van der Waals surface area contributed by atoms with Gasteiger partial charge >= 0.3 is 0 Å². The highest BCUT2D eigenvalue weighted by molar-refractivity contribution is 5.94. The molecule has 1 saturated carbocycles. The second-order valence-electron chi connectivity index (χ2n) is 5.98. The Labute approximate surface area is 136 Å². The van der Waals surface area contributed by atoms with Gasteiger partial charge in [-0.05, 0) is 38.3 Å². The predicted molar refractivity (Wildman–Crippen MR) is 91.5 cm³/mol. The van der Waals surface area contributed by atoms with Crippen LogP contribution in [0.2, 0.25) is 0 Å². The van der Waals surface area contributed by atoms with Gasteiger partial charge in [0.05, 0.1) is 0 Å². The zero-order valence-electron chi connectivity index (χ0n) is 13.6. The minimum Gasteiger partial charge on any atom is -0.370 e. The molecule has 1 aromatic heterocycles. The Morgan fingerprint density at radius 3 is 2.65 bits per heavy atom. The number of amides is 1. The van der Waals surface area contributed by atoms with E-state index in [1.807, 2.05) is 37.4 Å². The molecule has 0 atom stereocenters. The molecule has 2 aromatic rings. The van der Waals surface area contributed by atoms with Gasteiger partial charge in [-0.3, -0.25) is 4.79 Å². The number of carbonyl (C=O) groups is 1. The largest absolute Gasteiger partial charge is 0.370 e. The molecule has 0 unspecified atom stereocenters. The molecule has 0 aliphatic heterocycles. The van der Waals surface area contributed by atoms with Crippen molar-refractivity contribution in [3.8, 4) is 11.4 Å². The molecular weight excluding hydrogens is 288 g/mol. The minimum absolute atomic E-state index is 0.00539. The molecule has 3 rings (SSSR count). The number of carbonyl (C=O) groups excluding carboxylic acids is 1. The summed E-state index contributed by atoms with van der Waals surface area (Å²) < 4.78 is 0. The van der Waals surface area contributed by atoms with E-state index in [9.17, 15) is 4.79 Å². The van der Waals surface area contributed by atoms with Crippen molar-refractivity contribution >= 4 is 11.7 Å². The van der Waals surface area contributed by atoms with Crippen LogP contribution < -0.4 is 10.6 Å². The van der Waals surface area contributed by atoms with Crippen molar-refractivity contribution in [3.63, 3.8) is 0 Å². The predicted octanol–water partition coefficient (Wildman–Crippen LogP) is 3.17. The van der Waals surface area contributed by atoms with E-state index in [0.29, 0.717) is 17.4 Å². The van der Waals surface area contributed by atoms with Gasteiger partial charge in [-0.25, -0.2) is 9.97 Å². The molecule has 2 N–H and O–H groups in total. The van der Waals surface area contributed by atoms with Crippen molar-refractivity contribution in [1.82, 2.24) is 15.3 Å². The normalized spacial score (nSPS) is 13.7. The number of hydrogen-bond donors (Lipinski definition) is 2. The van der Waals surface area contributed by atoms with Crippen LogP contribution in [0.3, 0.4) is 0 Å². The van der Waals surface area contributed by atoms with Crippen LogP contribution in [0.5, 0.6) is 0 Å². The number of nitrogens with zero attached hydrogens (tertiary/aromatic N) is 2. The molecule has 1 aromatic carbocycles. The Morgan fingerprint density at radius 2 is 2.00 bits per heavy atom. The summed E-state index contributed by atoms with van der Waals surface area (Å²) in [5.74, 6) is 1.53. The maximum Gasteiger partial charge on any atom is 0.251 e. The standard InChI is InChI=1S/C18H22N4O/c1-3-10-19-16-12(2)11-20-17(22-16)13-4-6-14(7-5-13)18(23)21-15-8-9-15/h4-7,11,15H,3,8-10H2,1-2H3,(H,21,23)(H,19,20,22). The lowest BCUT2D eigenvalue weighted by Crippen LogP contribution is -2.25. The lowest BCUT2D eigenvalue weighted by molar-refractivity contribution is 0.0951. The second-order valence-corrected chi connectivity index (χ2v) is 5.98. The molecule has 5 heteroatoms. The monoisotopic (exact) mass is 310 g/mol. The van der Waals surface area contributed by atoms with Crippen LogP contribution in [-0.4, -0.2) is 28.5 Å². The smallest absolute Gasteiger partial charge is 0.251 e. The van der Waals surface area contributed by atoms with Gasteiger partial charge in [0.2, 0.25) is 0 Å². The van der Waals surface area contributed by atoms with E-state index in [4.69, 9.17) is 0 Å². The number of aryl methyl sites for hydroxylation is 1. The third-order valence-electron chi connectivity index (χ3n) is 3.83. The van der Waals surface area contributed by atoms with Gasteiger partial charge in [-0.2, -0.15) is 0 Å². The fourth-order valence-electron chi connectivity index (χ4n) is 2.27. The summed E-state index contributed by atoms with van der Waals surface area (Å²) >= 11 is 0. The number of rotatable bonds is 6. The van der Waals surface area contributed by atoms with Crippen molar-refractivity contribution < 1.29 is 4.79 Å². The van der Waals surface area contributed by atoms with Gasteiger partial charge in [0.15, 0.2) is 5.82 Å². The number of anilines is 1. The van der Waals surface area contributed by atoms with Gasteiger partial charge < -0.3 is 10.6 Å². The average molecular weight is 310 g/mol. The Hall–Kier alpha value is -2.43. The number of nitrogens with one attached hydrogen (secondary N) is 2. The first-order valence-corrected chi connectivity index (χ1v) is 8.16. The molecule has 1 aliphatic rings. The van der Waals surface area contributed by atoms with E-state index in [1.165, 1.54) is 0 Å². The Kier molecular flexibility index (Phi) is 4.55. The quantitative estimate of drug-likeness (QED) is 0.860. The van der Waals surface area contributed by atoms with Gasteiger partial charge in [-0.15, -0.1) is 0 Å². The van der Waals surface area contributed by atoms with E-state index in [-0.39, 0.29) is 5.91 Å². The lowest BCUT2D eigenvalue weighted by Gasteiger charge is -2.09. The zero-order chi connectivity index (χ0) is 16.2. The van der Waals surface area contributed by atoms with E-state index in [2.05, 4.69) is 27.5 Å². The Balaban J connectivity index is 1.77. The number of benzene rings is 1. The summed E-state index contributed by atoms with van der Waals surface area (Å²) in [4.78, 5) is 21.0. The molecule has 0 bridgehead atoms. The van der Waals surface area contributed by atoms with Gasteiger partial charge in [-0.1, -0.05) is 19.1 Å². The summed E-state index contributed by atoms with van der Waals surface area (Å²) in [5, 5.41) is 6.30. The van der Waals surface area contributed by atoms with Crippen LogP contribution >= 0.6 is 0 Å². The van der Waals surface area contributed by atoms with Crippen LogP contribution in [-0.2, 0) is 0 Å². The summed E-state index contributed by atoms with van der Waals surface area (Å²) in [6.45, 7) is 5.00. The Morgan fingerprint density at radius 1 is 1.26 bits per heavy atom. The zero-order valence-corrected chi connectivity index (χ0v) is 13.6. The number of aromatic nitrogens is 2. The van der Waals surface area contributed by atoms with Crippen LogP contribution in [0, 0.1) is 6.92 Å². The molecule has 0 saturated heterocycles. The Bertz CT molecular complexity index is 693. The fourth-order valence-corrected chi connectivity index (χ4v) is 2.27. The summed E-state index contributed by atoms with van der Waals surface area (Å²) in [7, 11) is 0. The van der Waals surface area contributed by atoms with Crippen molar-refractivity contribution in [2.24, 2.45) is 0 Å². The van der Waals surface area contributed by atoms with E-state index in [1.54, 1.807) is 0 Å². The van der Waals surface area contributed by atoms with Crippen molar-refractivity contribution in [3.05, 3.63) is 41.6 Å². The molecule has 1 fully saturated rings. The summed E-state index contributed by atoms with van der Waals surface area (Å²) in [6.07, 6.45) is 5.06. The lowest BCUT2D eigenvalue weighted by atomic mass is 10.1. The van der Waals surface area contributed by atoms with Crippen molar-refractivity contribution in [1.29, 1.82) is 0 Å². The van der Waals surface area contributed by atoms with Gasteiger partial charge in [0, 0.05) is 35.5 Å². The highest BCUT2D eigenvalue weighted by Crippen LogP contribution is 2.21. The van der Waals surface area contributed by atoms with Crippen LogP contribution in [0.25, 0.3) is 11.4 Å². The first kappa shape index (κ1) is 15.5. The molecule has 5 nitrogen and oxygen atoms in total. The SMILES string of the molecule is CCCNc1nc(-c2ccc(C(=O)NC3CC3)cc2)ncc1C.